The molecule has 1 atom stereocenters. The van der Waals surface area contributed by atoms with E-state index in [9.17, 15) is 4.79 Å². The van der Waals surface area contributed by atoms with Crippen LogP contribution in [0.3, 0.4) is 0 Å². The maximum absolute atomic E-state index is 13.9. The molecule has 1 spiro atoms. The minimum Gasteiger partial charge on any atom is -0.454 e. The molecule has 6 rings (SSSR count). The van der Waals surface area contributed by atoms with Gasteiger partial charge in [-0.1, -0.05) is 54.1 Å². The monoisotopic (exact) mass is 548 g/mol. The molecular formula is C29H29ClN4O3S. The number of fused-ring (bicyclic) bond motifs is 1. The van der Waals surface area contributed by atoms with E-state index < -0.39 is 5.66 Å². The lowest BCUT2D eigenvalue weighted by Gasteiger charge is -2.45. The standard InChI is InChI=1S/C29H29ClN4O3S/c30-22-7-4-8-23(17-22)31-28(38)33-13-11-29(12-14-33)32-24(15-20-5-2-1-3-6-20)27(35)34(29)18-21-9-10-25-26(16-21)37-19-36-25/h1-10,16-17,24,32H,11-15,18-19H2,(H,31,38)/t24-/m1/s1. The topological polar surface area (TPSA) is 66.1 Å². The molecule has 0 bridgehead atoms. The first-order valence-corrected chi connectivity index (χ1v) is 13.6. The van der Waals surface area contributed by atoms with Gasteiger partial charge in [-0.15, -0.1) is 0 Å². The summed E-state index contributed by atoms with van der Waals surface area (Å²) in [4.78, 5) is 18.0. The second-order valence-electron chi connectivity index (χ2n) is 9.96. The Balaban J connectivity index is 1.20. The van der Waals surface area contributed by atoms with Gasteiger partial charge >= 0.3 is 0 Å². The Morgan fingerprint density at radius 3 is 2.58 bits per heavy atom. The minimum atomic E-state index is -0.449. The van der Waals surface area contributed by atoms with Gasteiger partial charge in [0.05, 0.1) is 11.7 Å². The molecule has 0 aliphatic carbocycles. The highest BCUT2D eigenvalue weighted by Gasteiger charge is 2.51. The number of hydrogen-bond donors (Lipinski definition) is 2. The second-order valence-corrected chi connectivity index (χ2v) is 10.8. The average Bonchev–Trinajstić information content (AvgIpc) is 3.48. The number of amides is 1. The van der Waals surface area contributed by atoms with Crippen molar-refractivity contribution in [2.75, 3.05) is 25.2 Å². The summed E-state index contributed by atoms with van der Waals surface area (Å²) in [7, 11) is 0. The maximum Gasteiger partial charge on any atom is 0.241 e. The van der Waals surface area contributed by atoms with Crippen LogP contribution in [0, 0.1) is 0 Å². The molecule has 7 nitrogen and oxygen atoms in total. The van der Waals surface area contributed by atoms with Gasteiger partial charge in [0.25, 0.3) is 0 Å². The number of thiocarbonyl (C=S) groups is 1. The quantitative estimate of drug-likeness (QED) is 0.444. The first-order valence-electron chi connectivity index (χ1n) is 12.8. The summed E-state index contributed by atoms with van der Waals surface area (Å²) in [6, 6.07) is 23.3. The van der Waals surface area contributed by atoms with Crippen LogP contribution >= 0.6 is 23.8 Å². The lowest BCUT2D eigenvalue weighted by atomic mass is 9.95. The SMILES string of the molecule is O=C1[C@@H](Cc2ccccc2)NC2(CCN(C(=S)Nc3cccc(Cl)c3)CC2)N1Cc1ccc2c(c1)OCO2. The number of likely N-dealkylation sites (tertiary alicyclic amines) is 1. The Kier molecular flexibility index (Phi) is 6.86. The summed E-state index contributed by atoms with van der Waals surface area (Å²) >= 11 is 11.9. The Morgan fingerprint density at radius 1 is 1.00 bits per heavy atom. The number of hydrogen-bond acceptors (Lipinski definition) is 5. The van der Waals surface area contributed by atoms with Gasteiger partial charge in [0.2, 0.25) is 12.7 Å². The van der Waals surface area contributed by atoms with Gasteiger partial charge < -0.3 is 24.6 Å². The number of carbonyl (C=O) groups excluding carboxylic acids is 1. The molecule has 0 radical (unpaired) electrons. The highest BCUT2D eigenvalue weighted by Crippen LogP contribution is 2.37. The molecule has 3 heterocycles. The van der Waals surface area contributed by atoms with E-state index in [2.05, 4.69) is 27.7 Å². The average molecular weight is 549 g/mol. The smallest absolute Gasteiger partial charge is 0.241 e. The summed E-state index contributed by atoms with van der Waals surface area (Å²) in [5, 5.41) is 8.38. The molecule has 2 N–H and O–H groups in total. The zero-order chi connectivity index (χ0) is 26.1. The van der Waals surface area contributed by atoms with Crippen molar-refractivity contribution in [3.63, 3.8) is 0 Å². The van der Waals surface area contributed by atoms with E-state index >= 15 is 0 Å². The van der Waals surface area contributed by atoms with Crippen molar-refractivity contribution in [2.45, 2.75) is 37.5 Å². The molecule has 3 aliphatic heterocycles. The normalized spacial score (nSPS) is 19.7. The van der Waals surface area contributed by atoms with Gasteiger partial charge in [-0.2, -0.15) is 0 Å². The van der Waals surface area contributed by atoms with Crippen molar-refractivity contribution in [1.82, 2.24) is 15.1 Å². The number of piperidine rings is 1. The molecule has 3 aromatic rings. The van der Waals surface area contributed by atoms with Crippen molar-refractivity contribution in [2.24, 2.45) is 0 Å². The first kappa shape index (κ1) is 25.0. The summed E-state index contributed by atoms with van der Waals surface area (Å²) in [6.07, 6.45) is 2.16. The molecular weight excluding hydrogens is 520 g/mol. The third kappa shape index (κ3) is 5.04. The van der Waals surface area contributed by atoms with Crippen LogP contribution in [0.25, 0.3) is 0 Å². The number of ether oxygens (including phenoxy) is 2. The fraction of sp³-hybridized carbons (Fsp3) is 0.310. The van der Waals surface area contributed by atoms with Gasteiger partial charge in [-0.05, 0) is 60.1 Å². The Hall–Kier alpha value is -3.33. The van der Waals surface area contributed by atoms with Crippen LogP contribution in [-0.4, -0.2) is 52.4 Å². The van der Waals surface area contributed by atoms with E-state index in [0.717, 1.165) is 54.2 Å². The third-order valence-electron chi connectivity index (χ3n) is 7.54. The molecule has 2 fully saturated rings. The van der Waals surface area contributed by atoms with Crippen LogP contribution in [0.4, 0.5) is 5.69 Å². The highest BCUT2D eigenvalue weighted by atomic mass is 35.5. The van der Waals surface area contributed by atoms with Crippen LogP contribution < -0.4 is 20.1 Å². The fourth-order valence-electron chi connectivity index (χ4n) is 5.57. The number of carbonyl (C=O) groups is 1. The van der Waals surface area contributed by atoms with E-state index in [1.165, 1.54) is 0 Å². The second kappa shape index (κ2) is 10.4. The molecule has 0 saturated carbocycles. The Bertz CT molecular complexity index is 1350. The minimum absolute atomic E-state index is 0.125. The van der Waals surface area contributed by atoms with Crippen LogP contribution in [0.2, 0.25) is 5.02 Å². The molecule has 9 heteroatoms. The van der Waals surface area contributed by atoms with Crippen molar-refractivity contribution < 1.29 is 14.3 Å². The zero-order valence-electron chi connectivity index (χ0n) is 20.9. The van der Waals surface area contributed by atoms with Gasteiger partial charge in [0.15, 0.2) is 16.6 Å². The summed E-state index contributed by atoms with van der Waals surface area (Å²) in [5.74, 6) is 1.59. The molecule has 3 aromatic carbocycles. The Morgan fingerprint density at radius 2 is 1.79 bits per heavy atom. The third-order valence-corrected chi connectivity index (χ3v) is 8.13. The van der Waals surface area contributed by atoms with Crippen molar-refractivity contribution >= 4 is 40.5 Å². The highest BCUT2D eigenvalue weighted by molar-refractivity contribution is 7.80. The lowest BCUT2D eigenvalue weighted by molar-refractivity contribution is -0.134. The molecule has 2 saturated heterocycles. The summed E-state index contributed by atoms with van der Waals surface area (Å²) in [6.45, 7) is 2.18. The summed E-state index contributed by atoms with van der Waals surface area (Å²) < 4.78 is 11.1. The zero-order valence-corrected chi connectivity index (χ0v) is 22.4. The van der Waals surface area contributed by atoms with Crippen LogP contribution in [0.1, 0.15) is 24.0 Å². The number of halogens is 1. The summed E-state index contributed by atoms with van der Waals surface area (Å²) in [5.41, 5.74) is 2.58. The molecule has 3 aliphatic rings. The van der Waals surface area contributed by atoms with Gasteiger partial charge in [-0.25, -0.2) is 0 Å². The predicted octanol–water partition coefficient (Wildman–Crippen LogP) is 4.80. The van der Waals surface area contributed by atoms with E-state index in [1.807, 2.05) is 65.6 Å². The maximum atomic E-state index is 13.9. The molecule has 196 valence electrons. The van der Waals surface area contributed by atoms with Crippen LogP contribution in [-0.2, 0) is 17.8 Å². The number of nitrogens with one attached hydrogen (secondary N) is 2. The van der Waals surface area contributed by atoms with Crippen molar-refractivity contribution in [3.05, 3.63) is 88.9 Å². The number of benzene rings is 3. The molecule has 0 unspecified atom stereocenters. The first-order chi connectivity index (χ1) is 18.5. The molecule has 38 heavy (non-hydrogen) atoms. The number of nitrogens with zero attached hydrogens (tertiary/aromatic N) is 2. The van der Waals surface area contributed by atoms with E-state index in [4.69, 9.17) is 33.3 Å². The van der Waals surface area contributed by atoms with Crippen LogP contribution in [0.5, 0.6) is 11.5 Å². The lowest BCUT2D eigenvalue weighted by Crippen LogP contribution is -2.59. The van der Waals surface area contributed by atoms with Crippen molar-refractivity contribution in [1.29, 1.82) is 0 Å². The van der Waals surface area contributed by atoms with E-state index in [0.29, 0.717) is 23.1 Å². The van der Waals surface area contributed by atoms with Gasteiger partial charge in [-0.3, -0.25) is 10.1 Å². The van der Waals surface area contributed by atoms with E-state index in [-0.39, 0.29) is 18.7 Å². The number of rotatable bonds is 5. The van der Waals surface area contributed by atoms with Gasteiger partial charge in [0.1, 0.15) is 0 Å². The van der Waals surface area contributed by atoms with E-state index in [1.54, 1.807) is 0 Å². The molecule has 0 aromatic heterocycles. The van der Waals surface area contributed by atoms with Gasteiger partial charge in [0, 0.05) is 43.2 Å². The molecule has 1 amide bonds. The largest absolute Gasteiger partial charge is 0.454 e. The van der Waals surface area contributed by atoms with Crippen LogP contribution in [0.15, 0.2) is 72.8 Å². The predicted molar refractivity (Wildman–Crippen MR) is 151 cm³/mol. The van der Waals surface area contributed by atoms with Crippen molar-refractivity contribution in [3.8, 4) is 11.5 Å². The number of anilines is 1. The Labute approximate surface area is 232 Å². The fourth-order valence-corrected chi connectivity index (χ4v) is 6.06.